The Kier molecular flexibility index (Phi) is 3.97. The Bertz CT molecular complexity index is 210. The Morgan fingerprint density at radius 1 is 1.27 bits per heavy atom. The van der Waals surface area contributed by atoms with Gasteiger partial charge in [0.05, 0.1) is 0 Å². The molecule has 86 valence electrons. The third kappa shape index (κ3) is 3.18. The lowest BCUT2D eigenvalue weighted by molar-refractivity contribution is -0.132. The zero-order valence-corrected chi connectivity index (χ0v) is 9.30. The molecule has 2 aliphatic heterocycles. The molecule has 1 amide bonds. The fourth-order valence-electron chi connectivity index (χ4n) is 2.12. The van der Waals surface area contributed by atoms with Gasteiger partial charge in [0.2, 0.25) is 5.91 Å². The van der Waals surface area contributed by atoms with E-state index in [1.807, 2.05) is 4.90 Å². The van der Waals surface area contributed by atoms with E-state index < -0.39 is 0 Å². The fraction of sp³-hybridized carbons (Fsp3) is 0.909. The molecular formula is C11H21N3O. The van der Waals surface area contributed by atoms with Crippen molar-refractivity contribution in [2.45, 2.75) is 31.7 Å². The van der Waals surface area contributed by atoms with Crippen LogP contribution in [0.2, 0.25) is 0 Å². The molecule has 2 N–H and O–H groups in total. The molecule has 2 heterocycles. The standard InChI is InChI=1S/C11H21N3O/c15-11(14-6-2-1-3-7-14)4-5-13-10-8-12-9-10/h10,12-13H,1-9H2. The number of nitrogens with one attached hydrogen (secondary N) is 2. The SMILES string of the molecule is O=C(CCNC1CNC1)N1CCCCC1. The van der Waals surface area contributed by atoms with Crippen LogP contribution in [-0.2, 0) is 4.79 Å². The quantitative estimate of drug-likeness (QED) is 0.685. The predicted octanol–water partition coefficient (Wildman–Crippen LogP) is -0.0496. The third-order valence-electron chi connectivity index (χ3n) is 3.26. The molecule has 0 saturated carbocycles. The van der Waals surface area contributed by atoms with Crippen molar-refractivity contribution < 1.29 is 4.79 Å². The van der Waals surface area contributed by atoms with E-state index in [0.717, 1.165) is 32.7 Å². The van der Waals surface area contributed by atoms with E-state index in [1.54, 1.807) is 0 Å². The average Bonchev–Trinajstić information content (AvgIpc) is 2.23. The molecule has 2 rings (SSSR count). The van der Waals surface area contributed by atoms with Gasteiger partial charge in [-0.15, -0.1) is 0 Å². The summed E-state index contributed by atoms with van der Waals surface area (Å²) in [4.78, 5) is 13.8. The lowest BCUT2D eigenvalue weighted by Gasteiger charge is -2.29. The topological polar surface area (TPSA) is 44.4 Å². The van der Waals surface area contributed by atoms with Crippen LogP contribution in [0.1, 0.15) is 25.7 Å². The maximum Gasteiger partial charge on any atom is 0.223 e. The molecule has 4 nitrogen and oxygen atoms in total. The van der Waals surface area contributed by atoms with E-state index in [0.29, 0.717) is 18.4 Å². The summed E-state index contributed by atoms with van der Waals surface area (Å²) < 4.78 is 0. The van der Waals surface area contributed by atoms with Gasteiger partial charge in [-0.25, -0.2) is 0 Å². The lowest BCUT2D eigenvalue weighted by Crippen LogP contribution is -2.55. The highest BCUT2D eigenvalue weighted by molar-refractivity contribution is 5.76. The van der Waals surface area contributed by atoms with Gasteiger partial charge >= 0.3 is 0 Å². The second-order valence-corrected chi connectivity index (χ2v) is 4.50. The molecule has 2 fully saturated rings. The molecule has 4 heteroatoms. The molecule has 2 aliphatic rings. The third-order valence-corrected chi connectivity index (χ3v) is 3.26. The maximum absolute atomic E-state index is 11.8. The van der Waals surface area contributed by atoms with E-state index in [4.69, 9.17) is 0 Å². The van der Waals surface area contributed by atoms with Gasteiger partial charge in [-0.3, -0.25) is 4.79 Å². The van der Waals surface area contributed by atoms with E-state index in [-0.39, 0.29) is 0 Å². The number of piperidine rings is 1. The maximum atomic E-state index is 11.8. The summed E-state index contributed by atoms with van der Waals surface area (Å²) >= 11 is 0. The Balaban J connectivity index is 1.58. The molecule has 15 heavy (non-hydrogen) atoms. The van der Waals surface area contributed by atoms with Crippen molar-refractivity contribution >= 4 is 5.91 Å². The largest absolute Gasteiger partial charge is 0.343 e. The highest BCUT2D eigenvalue weighted by atomic mass is 16.2. The van der Waals surface area contributed by atoms with Crippen LogP contribution in [0.25, 0.3) is 0 Å². The van der Waals surface area contributed by atoms with Crippen molar-refractivity contribution in [1.29, 1.82) is 0 Å². The zero-order chi connectivity index (χ0) is 10.5. The minimum atomic E-state index is 0.328. The summed E-state index contributed by atoms with van der Waals surface area (Å²) in [6, 6.07) is 0.596. The highest BCUT2D eigenvalue weighted by Gasteiger charge is 2.18. The fourth-order valence-corrected chi connectivity index (χ4v) is 2.12. The van der Waals surface area contributed by atoms with Crippen molar-refractivity contribution in [3.05, 3.63) is 0 Å². The highest BCUT2D eigenvalue weighted by Crippen LogP contribution is 2.09. The second-order valence-electron chi connectivity index (χ2n) is 4.50. The van der Waals surface area contributed by atoms with Crippen LogP contribution in [0.5, 0.6) is 0 Å². The number of hydrogen-bond donors (Lipinski definition) is 2. The number of nitrogens with zero attached hydrogens (tertiary/aromatic N) is 1. The molecule has 0 aromatic carbocycles. The van der Waals surface area contributed by atoms with Crippen LogP contribution in [0, 0.1) is 0 Å². The van der Waals surface area contributed by atoms with E-state index in [2.05, 4.69) is 10.6 Å². The first-order valence-electron chi connectivity index (χ1n) is 6.08. The van der Waals surface area contributed by atoms with E-state index >= 15 is 0 Å². The Morgan fingerprint density at radius 3 is 2.60 bits per heavy atom. The van der Waals surface area contributed by atoms with E-state index in [1.165, 1.54) is 19.3 Å². The number of rotatable bonds is 4. The molecule has 0 aromatic rings. The number of carbonyl (C=O) groups excluding carboxylic acids is 1. The first kappa shape index (κ1) is 10.9. The molecule has 0 aliphatic carbocycles. The molecule has 0 spiro atoms. The molecule has 2 saturated heterocycles. The van der Waals surface area contributed by atoms with Crippen LogP contribution in [0.15, 0.2) is 0 Å². The molecule has 0 atom stereocenters. The number of likely N-dealkylation sites (tertiary alicyclic amines) is 1. The minimum Gasteiger partial charge on any atom is -0.343 e. The van der Waals surface area contributed by atoms with Gasteiger partial charge in [-0.1, -0.05) is 0 Å². The second kappa shape index (κ2) is 5.47. The summed E-state index contributed by atoms with van der Waals surface area (Å²) in [5.74, 6) is 0.328. The Morgan fingerprint density at radius 2 is 2.00 bits per heavy atom. The molecule has 0 radical (unpaired) electrons. The summed E-state index contributed by atoms with van der Waals surface area (Å²) in [7, 11) is 0. The zero-order valence-electron chi connectivity index (χ0n) is 9.30. The normalized spacial score (nSPS) is 22.5. The van der Waals surface area contributed by atoms with Gasteiger partial charge in [-0.05, 0) is 19.3 Å². The smallest absolute Gasteiger partial charge is 0.223 e. The van der Waals surface area contributed by atoms with Crippen molar-refractivity contribution in [2.24, 2.45) is 0 Å². The summed E-state index contributed by atoms with van der Waals surface area (Å²) in [6.07, 6.45) is 4.32. The minimum absolute atomic E-state index is 0.328. The van der Waals surface area contributed by atoms with Crippen LogP contribution in [0.3, 0.4) is 0 Å². The Hall–Kier alpha value is -0.610. The van der Waals surface area contributed by atoms with Gasteiger partial charge < -0.3 is 15.5 Å². The molecule has 0 bridgehead atoms. The van der Waals surface area contributed by atoms with Crippen LogP contribution >= 0.6 is 0 Å². The average molecular weight is 211 g/mol. The number of hydrogen-bond acceptors (Lipinski definition) is 3. The van der Waals surface area contributed by atoms with Gasteiger partial charge in [-0.2, -0.15) is 0 Å². The van der Waals surface area contributed by atoms with Crippen molar-refractivity contribution in [3.63, 3.8) is 0 Å². The molecule has 0 unspecified atom stereocenters. The van der Waals surface area contributed by atoms with Gasteiger partial charge in [0.1, 0.15) is 0 Å². The van der Waals surface area contributed by atoms with Gasteiger partial charge in [0.15, 0.2) is 0 Å². The van der Waals surface area contributed by atoms with Crippen LogP contribution < -0.4 is 10.6 Å². The first-order chi connectivity index (χ1) is 7.36. The number of amides is 1. The van der Waals surface area contributed by atoms with E-state index in [9.17, 15) is 4.79 Å². The van der Waals surface area contributed by atoms with Crippen molar-refractivity contribution in [1.82, 2.24) is 15.5 Å². The van der Waals surface area contributed by atoms with Crippen LogP contribution in [0.4, 0.5) is 0 Å². The summed E-state index contributed by atoms with van der Waals surface area (Å²) in [5, 5.41) is 6.58. The molecule has 0 aromatic heterocycles. The Labute approximate surface area is 91.4 Å². The predicted molar refractivity (Wildman–Crippen MR) is 59.7 cm³/mol. The first-order valence-corrected chi connectivity index (χ1v) is 6.08. The van der Waals surface area contributed by atoms with Crippen LogP contribution in [-0.4, -0.2) is 49.6 Å². The van der Waals surface area contributed by atoms with Crippen molar-refractivity contribution in [3.8, 4) is 0 Å². The lowest BCUT2D eigenvalue weighted by atomic mass is 10.1. The number of carbonyl (C=O) groups is 1. The summed E-state index contributed by atoms with van der Waals surface area (Å²) in [5.41, 5.74) is 0. The van der Waals surface area contributed by atoms with Crippen molar-refractivity contribution in [2.75, 3.05) is 32.7 Å². The van der Waals surface area contributed by atoms with Gasteiger partial charge in [0, 0.05) is 45.2 Å². The molecular weight excluding hydrogens is 190 g/mol. The monoisotopic (exact) mass is 211 g/mol. The summed E-state index contributed by atoms with van der Waals surface area (Å²) in [6.45, 7) is 4.89. The van der Waals surface area contributed by atoms with Gasteiger partial charge in [0.25, 0.3) is 0 Å².